The minimum atomic E-state index is -4.50. The number of hydrogen-bond donors (Lipinski definition) is 1. The summed E-state index contributed by atoms with van der Waals surface area (Å²) in [6.07, 6.45) is 1.32. The molecule has 21 heavy (non-hydrogen) atoms. The second kappa shape index (κ2) is 5.82. The van der Waals surface area contributed by atoms with E-state index in [4.69, 9.17) is 11.6 Å². The fourth-order valence-electron chi connectivity index (χ4n) is 1.41. The molecule has 0 amide bonds. The minimum Gasteiger partial charge on any atom is -0.276 e. The number of rotatable bonds is 3. The summed E-state index contributed by atoms with van der Waals surface area (Å²) in [5, 5.41) is -0.190. The lowest BCUT2D eigenvalue weighted by Crippen LogP contribution is -2.16. The summed E-state index contributed by atoms with van der Waals surface area (Å²) >= 11 is 8.76. The largest absolute Gasteiger partial charge is 0.276 e. The summed E-state index contributed by atoms with van der Waals surface area (Å²) in [4.78, 5) is 2.63. The standard InChI is InChI=1S/C11H5BrClF3N2O2S/c12-5-3-7(11(13)17-4-5)18-21(19,20)8-2-1-6(14)9(15)10(8)16/h1-4,18H. The van der Waals surface area contributed by atoms with E-state index >= 15 is 0 Å². The fourth-order valence-corrected chi connectivity index (χ4v) is 3.08. The van der Waals surface area contributed by atoms with Gasteiger partial charge in [-0.1, -0.05) is 11.6 Å². The molecule has 0 spiro atoms. The topological polar surface area (TPSA) is 59.1 Å². The van der Waals surface area contributed by atoms with Crippen molar-refractivity contribution in [3.8, 4) is 0 Å². The molecule has 1 heterocycles. The van der Waals surface area contributed by atoms with E-state index in [0.717, 1.165) is 0 Å². The van der Waals surface area contributed by atoms with Gasteiger partial charge in [0.05, 0.1) is 5.69 Å². The van der Waals surface area contributed by atoms with Crippen LogP contribution in [0.25, 0.3) is 0 Å². The molecule has 1 aromatic carbocycles. The Balaban J connectivity index is 2.49. The molecule has 0 aliphatic rings. The highest BCUT2D eigenvalue weighted by atomic mass is 79.9. The van der Waals surface area contributed by atoms with Crippen LogP contribution in [0.4, 0.5) is 18.9 Å². The zero-order valence-corrected chi connectivity index (χ0v) is 13.0. The van der Waals surface area contributed by atoms with Crippen LogP contribution in [0.2, 0.25) is 5.15 Å². The summed E-state index contributed by atoms with van der Waals surface area (Å²) in [5.41, 5.74) is -0.143. The Morgan fingerprint density at radius 3 is 2.52 bits per heavy atom. The molecule has 0 saturated heterocycles. The molecule has 0 aliphatic carbocycles. The third kappa shape index (κ3) is 3.30. The second-order valence-corrected chi connectivity index (χ2v) is 6.70. The molecule has 0 atom stereocenters. The van der Waals surface area contributed by atoms with Crippen LogP contribution < -0.4 is 4.72 Å². The van der Waals surface area contributed by atoms with Crippen LogP contribution in [0, 0.1) is 17.5 Å². The van der Waals surface area contributed by atoms with Crippen molar-refractivity contribution in [3.05, 3.63) is 51.5 Å². The number of anilines is 1. The quantitative estimate of drug-likeness (QED) is 0.630. The van der Waals surface area contributed by atoms with Crippen molar-refractivity contribution in [3.63, 3.8) is 0 Å². The third-order valence-corrected chi connectivity index (χ3v) is 4.46. The van der Waals surface area contributed by atoms with Gasteiger partial charge in [0, 0.05) is 10.7 Å². The van der Waals surface area contributed by atoms with E-state index in [2.05, 4.69) is 20.9 Å². The van der Waals surface area contributed by atoms with Crippen LogP contribution in [-0.2, 0) is 10.0 Å². The number of hydrogen-bond acceptors (Lipinski definition) is 3. The molecule has 4 nitrogen and oxygen atoms in total. The zero-order valence-electron chi connectivity index (χ0n) is 9.87. The van der Waals surface area contributed by atoms with Gasteiger partial charge in [0.15, 0.2) is 22.6 Å². The van der Waals surface area contributed by atoms with Crippen molar-refractivity contribution in [2.24, 2.45) is 0 Å². The normalized spacial score (nSPS) is 11.5. The number of halogens is 5. The van der Waals surface area contributed by atoms with Gasteiger partial charge in [0.2, 0.25) is 0 Å². The first-order chi connectivity index (χ1) is 9.72. The van der Waals surface area contributed by atoms with Crippen LogP contribution in [-0.4, -0.2) is 13.4 Å². The zero-order chi connectivity index (χ0) is 15.8. The minimum absolute atomic E-state index is 0.143. The predicted molar refractivity (Wildman–Crippen MR) is 74.1 cm³/mol. The average Bonchev–Trinajstić information content (AvgIpc) is 2.39. The summed E-state index contributed by atoms with van der Waals surface area (Å²) < 4.78 is 65.9. The van der Waals surface area contributed by atoms with Gasteiger partial charge >= 0.3 is 0 Å². The number of benzene rings is 1. The Labute approximate surface area is 131 Å². The molecule has 1 aromatic heterocycles. The number of nitrogens with zero attached hydrogens (tertiary/aromatic N) is 1. The molecule has 0 unspecified atom stereocenters. The molecule has 0 aliphatic heterocycles. The van der Waals surface area contributed by atoms with Gasteiger partial charge in [0.1, 0.15) is 4.90 Å². The maximum absolute atomic E-state index is 13.5. The van der Waals surface area contributed by atoms with Crippen molar-refractivity contribution in [1.82, 2.24) is 4.98 Å². The number of pyridine rings is 1. The number of sulfonamides is 1. The van der Waals surface area contributed by atoms with E-state index in [-0.39, 0.29) is 10.8 Å². The van der Waals surface area contributed by atoms with Crippen LogP contribution in [0.3, 0.4) is 0 Å². The van der Waals surface area contributed by atoms with E-state index in [1.165, 1.54) is 12.3 Å². The highest BCUT2D eigenvalue weighted by Crippen LogP contribution is 2.27. The molecule has 0 fully saturated rings. The summed E-state index contributed by atoms with van der Waals surface area (Å²) in [7, 11) is -4.50. The van der Waals surface area contributed by atoms with Crippen molar-refractivity contribution in [2.75, 3.05) is 4.72 Å². The average molecular weight is 402 g/mol. The lowest BCUT2D eigenvalue weighted by molar-refractivity contribution is 0.432. The lowest BCUT2D eigenvalue weighted by atomic mass is 10.3. The SMILES string of the molecule is O=S(=O)(Nc1cc(Br)cnc1Cl)c1ccc(F)c(F)c1F. The Morgan fingerprint density at radius 1 is 1.19 bits per heavy atom. The smallest absolute Gasteiger partial charge is 0.265 e. The van der Waals surface area contributed by atoms with Gasteiger partial charge in [-0.05, 0) is 34.1 Å². The Kier molecular flexibility index (Phi) is 4.45. The molecule has 0 bridgehead atoms. The van der Waals surface area contributed by atoms with Crippen LogP contribution in [0.5, 0.6) is 0 Å². The molecule has 2 rings (SSSR count). The van der Waals surface area contributed by atoms with Crippen LogP contribution >= 0.6 is 27.5 Å². The molecule has 0 saturated carbocycles. The van der Waals surface area contributed by atoms with E-state index in [0.29, 0.717) is 16.6 Å². The summed E-state index contributed by atoms with van der Waals surface area (Å²) in [6.45, 7) is 0. The van der Waals surface area contributed by atoms with Crippen LogP contribution in [0.15, 0.2) is 33.8 Å². The number of aromatic nitrogens is 1. The highest BCUT2D eigenvalue weighted by molar-refractivity contribution is 9.10. The molecule has 1 N–H and O–H groups in total. The van der Waals surface area contributed by atoms with E-state index < -0.39 is 32.4 Å². The van der Waals surface area contributed by atoms with Gasteiger partial charge in [-0.2, -0.15) is 0 Å². The van der Waals surface area contributed by atoms with Gasteiger partial charge in [-0.3, -0.25) is 4.72 Å². The summed E-state index contributed by atoms with van der Waals surface area (Å²) in [6, 6.07) is 2.40. The highest BCUT2D eigenvalue weighted by Gasteiger charge is 2.25. The van der Waals surface area contributed by atoms with Crippen molar-refractivity contribution >= 4 is 43.2 Å². The van der Waals surface area contributed by atoms with Crippen molar-refractivity contribution < 1.29 is 21.6 Å². The summed E-state index contributed by atoms with van der Waals surface area (Å²) in [5.74, 6) is -5.19. The number of nitrogens with one attached hydrogen (secondary N) is 1. The van der Waals surface area contributed by atoms with Crippen LogP contribution in [0.1, 0.15) is 0 Å². The van der Waals surface area contributed by atoms with Crippen molar-refractivity contribution in [1.29, 1.82) is 0 Å². The maximum Gasteiger partial charge on any atom is 0.265 e. The molecule has 10 heteroatoms. The lowest BCUT2D eigenvalue weighted by Gasteiger charge is -2.10. The van der Waals surface area contributed by atoms with Gasteiger partial charge < -0.3 is 0 Å². The molecule has 0 radical (unpaired) electrons. The van der Waals surface area contributed by atoms with Gasteiger partial charge in [-0.15, -0.1) is 0 Å². The van der Waals surface area contributed by atoms with E-state index in [9.17, 15) is 21.6 Å². The predicted octanol–water partition coefficient (Wildman–Crippen LogP) is 3.72. The molecule has 112 valence electrons. The fraction of sp³-hybridized carbons (Fsp3) is 0. The monoisotopic (exact) mass is 400 g/mol. The first kappa shape index (κ1) is 16.1. The van der Waals surface area contributed by atoms with E-state index in [1.807, 2.05) is 4.72 Å². The second-order valence-electron chi connectivity index (χ2n) is 3.77. The first-order valence-corrected chi connectivity index (χ1v) is 7.85. The van der Waals surface area contributed by atoms with Gasteiger partial charge in [0.25, 0.3) is 10.0 Å². The Morgan fingerprint density at radius 2 is 1.86 bits per heavy atom. The molecular weight excluding hydrogens is 397 g/mol. The molecule has 2 aromatic rings. The Bertz CT molecular complexity index is 817. The Hall–Kier alpha value is -1.32. The maximum atomic E-state index is 13.5. The van der Waals surface area contributed by atoms with Gasteiger partial charge in [-0.25, -0.2) is 26.6 Å². The third-order valence-electron chi connectivity index (χ3n) is 2.34. The van der Waals surface area contributed by atoms with Crippen molar-refractivity contribution in [2.45, 2.75) is 4.90 Å². The van der Waals surface area contributed by atoms with E-state index in [1.54, 1.807) is 0 Å². The first-order valence-electron chi connectivity index (χ1n) is 5.20. The molecular formula is C11H5BrClF3N2O2S.